The number of anilines is 1. The first-order valence-corrected chi connectivity index (χ1v) is 10.2. The van der Waals surface area contributed by atoms with Crippen LogP contribution in [0.25, 0.3) is 23.0 Å². The van der Waals surface area contributed by atoms with Crippen molar-refractivity contribution in [2.24, 2.45) is 5.92 Å². The molecule has 0 aliphatic carbocycles. The Kier molecular flexibility index (Phi) is 7.19. The van der Waals surface area contributed by atoms with E-state index in [1.54, 1.807) is 6.07 Å². The van der Waals surface area contributed by atoms with Gasteiger partial charge in [0.15, 0.2) is 0 Å². The molecule has 166 valence electrons. The third-order valence-corrected chi connectivity index (χ3v) is 4.52. The number of aromatic nitrogens is 4. The molecule has 0 saturated carbocycles. The van der Waals surface area contributed by atoms with Crippen LogP contribution >= 0.6 is 0 Å². The summed E-state index contributed by atoms with van der Waals surface area (Å²) in [7, 11) is 0. The monoisotopic (exact) mass is 427 g/mol. The lowest BCUT2D eigenvalue weighted by Gasteiger charge is -2.15. The molecule has 1 aromatic carbocycles. The molecule has 9 nitrogen and oxygen atoms in total. The van der Waals surface area contributed by atoms with Crippen molar-refractivity contribution in [2.75, 3.05) is 25.1 Å². The number of rotatable bonds is 9. The van der Waals surface area contributed by atoms with E-state index in [0.29, 0.717) is 35.0 Å². The summed E-state index contributed by atoms with van der Waals surface area (Å²) in [5, 5.41) is 25.8. The fraction of sp³-hybridized carbons (Fsp3) is 0.455. The number of benzene rings is 1. The molecule has 3 aromatic rings. The maximum atomic E-state index is 9.52. The smallest absolute Gasteiger partial charge is 0.277 e. The molecule has 0 fully saturated rings. The number of nitrogens with one attached hydrogen (secondary N) is 1. The van der Waals surface area contributed by atoms with Gasteiger partial charge >= 0.3 is 0 Å². The quantitative estimate of drug-likeness (QED) is 0.472. The van der Waals surface area contributed by atoms with Crippen LogP contribution < -0.4 is 10.1 Å². The molecule has 0 spiro atoms. The Morgan fingerprint density at radius 1 is 1.06 bits per heavy atom. The van der Waals surface area contributed by atoms with E-state index >= 15 is 0 Å². The van der Waals surface area contributed by atoms with Gasteiger partial charge in [-0.15, -0.1) is 0 Å². The number of aliphatic hydroxyl groups excluding tert-OH is 2. The normalized spacial score (nSPS) is 12.3. The van der Waals surface area contributed by atoms with Crippen molar-refractivity contribution in [3.05, 3.63) is 35.0 Å². The van der Waals surface area contributed by atoms with Gasteiger partial charge in [0.1, 0.15) is 24.2 Å². The van der Waals surface area contributed by atoms with Crippen molar-refractivity contribution in [2.45, 2.75) is 40.7 Å². The molecule has 3 N–H and O–H groups in total. The van der Waals surface area contributed by atoms with Crippen LogP contribution in [-0.4, -0.2) is 56.2 Å². The van der Waals surface area contributed by atoms with E-state index in [2.05, 4.69) is 39.3 Å². The molecule has 0 aliphatic heterocycles. The lowest BCUT2D eigenvalue weighted by Crippen LogP contribution is -2.21. The highest BCUT2D eigenvalue weighted by atomic mass is 16.5. The van der Waals surface area contributed by atoms with Crippen molar-refractivity contribution in [3.8, 4) is 28.7 Å². The summed E-state index contributed by atoms with van der Waals surface area (Å²) in [6, 6.07) is 5.59. The Bertz CT molecular complexity index is 1010. The van der Waals surface area contributed by atoms with Crippen molar-refractivity contribution in [1.29, 1.82) is 0 Å². The van der Waals surface area contributed by atoms with Crippen LogP contribution in [0, 0.1) is 26.7 Å². The Morgan fingerprint density at radius 3 is 2.42 bits per heavy atom. The minimum Gasteiger partial charge on any atom is -0.490 e. The minimum absolute atomic E-state index is 0.0180. The maximum absolute atomic E-state index is 9.52. The van der Waals surface area contributed by atoms with E-state index in [9.17, 15) is 5.11 Å². The Hall–Kier alpha value is -3.04. The molecule has 0 aliphatic rings. The average Bonchev–Trinajstić information content (AvgIpc) is 3.21. The predicted octanol–water partition coefficient (Wildman–Crippen LogP) is 2.92. The third-order valence-electron chi connectivity index (χ3n) is 4.52. The van der Waals surface area contributed by atoms with Crippen LogP contribution in [0.3, 0.4) is 0 Å². The molecular formula is C22H29N5O4. The van der Waals surface area contributed by atoms with E-state index in [1.165, 1.54) is 0 Å². The molecule has 2 aromatic heterocycles. The van der Waals surface area contributed by atoms with Gasteiger partial charge in [-0.2, -0.15) is 4.98 Å². The van der Waals surface area contributed by atoms with Gasteiger partial charge in [0, 0.05) is 17.8 Å². The van der Waals surface area contributed by atoms with Crippen LogP contribution in [-0.2, 0) is 0 Å². The van der Waals surface area contributed by atoms with Crippen molar-refractivity contribution < 1.29 is 19.5 Å². The zero-order chi connectivity index (χ0) is 22.5. The van der Waals surface area contributed by atoms with Crippen molar-refractivity contribution in [1.82, 2.24) is 20.1 Å². The van der Waals surface area contributed by atoms with E-state index in [0.717, 1.165) is 28.9 Å². The highest BCUT2D eigenvalue weighted by Crippen LogP contribution is 2.30. The van der Waals surface area contributed by atoms with Gasteiger partial charge < -0.3 is 24.8 Å². The Labute approximate surface area is 181 Å². The molecule has 3 rings (SSSR count). The van der Waals surface area contributed by atoms with Gasteiger partial charge in [0.25, 0.3) is 5.89 Å². The molecule has 0 amide bonds. The van der Waals surface area contributed by atoms with E-state index < -0.39 is 6.10 Å². The van der Waals surface area contributed by atoms with Crippen LogP contribution in [0.5, 0.6) is 5.75 Å². The highest BCUT2D eigenvalue weighted by Gasteiger charge is 2.16. The van der Waals surface area contributed by atoms with E-state index in [-0.39, 0.29) is 13.2 Å². The standard InChI is InChI=1S/C22H29N5O4/c1-12(2)9-23-22-24-15(5)8-18(25-22)21-26-20(27-31-21)16-6-13(3)19(14(4)7-16)30-11-17(29)10-28/h6-8,12,17,28-29H,9-11H2,1-5H3,(H,23,24,25)/t17-/m1/s1. The van der Waals surface area contributed by atoms with Crippen LogP contribution in [0.15, 0.2) is 22.7 Å². The second-order valence-electron chi connectivity index (χ2n) is 8.00. The molecule has 2 heterocycles. The first-order valence-electron chi connectivity index (χ1n) is 10.2. The van der Waals surface area contributed by atoms with Gasteiger partial charge in [-0.3, -0.25) is 0 Å². The summed E-state index contributed by atoms with van der Waals surface area (Å²) in [5.74, 6) is 2.41. The topological polar surface area (TPSA) is 126 Å². The van der Waals surface area contributed by atoms with Gasteiger partial charge in [-0.25, -0.2) is 9.97 Å². The number of hydrogen-bond donors (Lipinski definition) is 3. The van der Waals surface area contributed by atoms with Crippen molar-refractivity contribution in [3.63, 3.8) is 0 Å². The SMILES string of the molecule is Cc1cc(-c2nc(-c3cc(C)c(OC[C@H](O)CO)c(C)c3)no2)nc(NCC(C)C)n1. The summed E-state index contributed by atoms with van der Waals surface area (Å²) in [6.07, 6.45) is -0.922. The highest BCUT2D eigenvalue weighted by molar-refractivity contribution is 5.63. The molecule has 0 unspecified atom stereocenters. The molecular weight excluding hydrogens is 398 g/mol. The van der Waals surface area contributed by atoms with Crippen LogP contribution in [0.2, 0.25) is 0 Å². The van der Waals surface area contributed by atoms with Gasteiger partial charge in [0.2, 0.25) is 11.8 Å². The van der Waals surface area contributed by atoms with Crippen molar-refractivity contribution >= 4 is 5.95 Å². The maximum Gasteiger partial charge on any atom is 0.277 e. The first-order chi connectivity index (χ1) is 14.8. The van der Waals surface area contributed by atoms with Gasteiger partial charge in [-0.1, -0.05) is 19.0 Å². The average molecular weight is 428 g/mol. The number of aliphatic hydroxyl groups is 2. The molecule has 0 saturated heterocycles. The lowest BCUT2D eigenvalue weighted by molar-refractivity contribution is 0.0532. The summed E-state index contributed by atoms with van der Waals surface area (Å²) in [5.41, 5.74) is 3.87. The Balaban J connectivity index is 1.84. The largest absolute Gasteiger partial charge is 0.490 e. The fourth-order valence-electron chi connectivity index (χ4n) is 3.04. The third kappa shape index (κ3) is 5.77. The minimum atomic E-state index is -0.922. The zero-order valence-electron chi connectivity index (χ0n) is 18.5. The van der Waals surface area contributed by atoms with E-state index in [4.69, 9.17) is 14.4 Å². The summed E-state index contributed by atoms with van der Waals surface area (Å²) in [6.45, 7) is 10.4. The predicted molar refractivity (Wildman–Crippen MR) is 117 cm³/mol. The molecule has 9 heteroatoms. The summed E-state index contributed by atoms with van der Waals surface area (Å²) < 4.78 is 11.1. The number of ether oxygens (including phenoxy) is 1. The summed E-state index contributed by atoms with van der Waals surface area (Å²) in [4.78, 5) is 13.4. The second-order valence-corrected chi connectivity index (χ2v) is 8.00. The number of nitrogens with zero attached hydrogens (tertiary/aromatic N) is 4. The second kappa shape index (κ2) is 9.84. The van der Waals surface area contributed by atoms with Gasteiger partial charge in [-0.05, 0) is 56.0 Å². The number of aryl methyl sites for hydroxylation is 3. The Morgan fingerprint density at radius 2 is 1.77 bits per heavy atom. The fourth-order valence-corrected chi connectivity index (χ4v) is 3.04. The van der Waals surface area contributed by atoms with Crippen LogP contribution in [0.4, 0.5) is 5.95 Å². The zero-order valence-corrected chi connectivity index (χ0v) is 18.5. The molecule has 0 bridgehead atoms. The van der Waals surface area contributed by atoms with Crippen LogP contribution in [0.1, 0.15) is 30.7 Å². The first kappa shape index (κ1) is 22.6. The van der Waals surface area contributed by atoms with E-state index in [1.807, 2.05) is 32.9 Å². The summed E-state index contributed by atoms with van der Waals surface area (Å²) >= 11 is 0. The molecule has 0 radical (unpaired) electrons. The lowest BCUT2D eigenvalue weighted by atomic mass is 10.1. The molecule has 1 atom stereocenters. The van der Waals surface area contributed by atoms with Gasteiger partial charge in [0.05, 0.1) is 6.61 Å². The molecule has 31 heavy (non-hydrogen) atoms. The number of hydrogen-bond acceptors (Lipinski definition) is 9.